The molecule has 0 bridgehead atoms. The molecule has 3 aliphatic heterocycles. The summed E-state index contributed by atoms with van der Waals surface area (Å²) in [5.74, 6) is 2.32. The summed E-state index contributed by atoms with van der Waals surface area (Å²) < 4.78 is 0. The molecule has 3 saturated heterocycles. The Morgan fingerprint density at radius 2 is 1.96 bits per heavy atom. The van der Waals surface area contributed by atoms with Gasteiger partial charge in [-0.25, -0.2) is 4.98 Å². The quantitative estimate of drug-likeness (QED) is 0.657. The van der Waals surface area contributed by atoms with E-state index < -0.39 is 0 Å². The van der Waals surface area contributed by atoms with E-state index in [-0.39, 0.29) is 0 Å². The molecule has 3 aliphatic rings. The zero-order valence-electron chi connectivity index (χ0n) is 14.6. The first kappa shape index (κ1) is 14.9. The Labute approximate surface area is 155 Å². The van der Waals surface area contributed by atoms with Gasteiger partial charge in [-0.05, 0) is 44.1 Å². The molecule has 0 amide bonds. The summed E-state index contributed by atoms with van der Waals surface area (Å²) in [6, 6.07) is 6.97. The van der Waals surface area contributed by atoms with E-state index in [9.17, 15) is 0 Å². The van der Waals surface area contributed by atoms with E-state index in [4.69, 9.17) is 9.97 Å². The third kappa shape index (κ3) is 2.25. The van der Waals surface area contributed by atoms with Crippen LogP contribution in [0.3, 0.4) is 0 Å². The number of rotatable bonds is 4. The first-order valence-electron chi connectivity index (χ1n) is 9.31. The van der Waals surface area contributed by atoms with Gasteiger partial charge in [0.1, 0.15) is 10.6 Å². The fourth-order valence-electron chi connectivity index (χ4n) is 4.94. The Hall–Kier alpha value is -2.19. The van der Waals surface area contributed by atoms with Crippen LogP contribution >= 0.6 is 11.3 Å². The van der Waals surface area contributed by atoms with Gasteiger partial charge < -0.3 is 10.6 Å². The molecular weight excluding hydrogens is 346 g/mol. The monoisotopic (exact) mass is 367 g/mol. The van der Waals surface area contributed by atoms with Crippen LogP contribution in [0, 0.1) is 6.92 Å². The number of hydrogen-bond acceptors (Lipinski definition) is 7. The van der Waals surface area contributed by atoms with Crippen molar-refractivity contribution in [2.24, 2.45) is 0 Å². The number of nitrogens with one attached hydrogen (secondary N) is 3. The van der Waals surface area contributed by atoms with Gasteiger partial charge in [0.2, 0.25) is 5.95 Å². The van der Waals surface area contributed by atoms with Crippen LogP contribution < -0.4 is 10.6 Å². The number of piperidine rings is 2. The lowest BCUT2D eigenvalue weighted by Crippen LogP contribution is -2.73. The number of hydrogen-bond donors (Lipinski definition) is 3. The van der Waals surface area contributed by atoms with Crippen LogP contribution in [0.2, 0.25) is 0 Å². The molecule has 134 valence electrons. The minimum Gasteiger partial charge on any atom is -0.351 e. The van der Waals surface area contributed by atoms with E-state index in [0.29, 0.717) is 6.04 Å². The summed E-state index contributed by atoms with van der Waals surface area (Å²) in [5, 5.41) is 17.3. The van der Waals surface area contributed by atoms with Gasteiger partial charge in [-0.1, -0.05) is 0 Å². The first-order chi connectivity index (χ1) is 12.7. The number of thiophene rings is 1. The van der Waals surface area contributed by atoms with Crippen molar-refractivity contribution in [3.8, 4) is 0 Å². The number of nitrogens with zero attached hydrogens (tertiary/aromatic N) is 4. The van der Waals surface area contributed by atoms with Crippen LogP contribution in [0.1, 0.15) is 31.4 Å². The maximum Gasteiger partial charge on any atom is 0.226 e. The number of H-pyrrole nitrogens is 1. The zero-order valence-corrected chi connectivity index (χ0v) is 15.4. The van der Waals surface area contributed by atoms with E-state index in [1.807, 2.05) is 13.0 Å². The maximum absolute atomic E-state index is 4.78. The average molecular weight is 367 g/mol. The minimum atomic E-state index is 0.473. The third-order valence-corrected chi connectivity index (χ3v) is 6.88. The van der Waals surface area contributed by atoms with Crippen LogP contribution in [0.25, 0.3) is 10.2 Å². The molecule has 0 aromatic carbocycles. The number of anilines is 3. The van der Waals surface area contributed by atoms with Gasteiger partial charge in [-0.15, -0.1) is 11.3 Å². The van der Waals surface area contributed by atoms with E-state index in [1.165, 1.54) is 25.7 Å². The predicted molar refractivity (Wildman–Crippen MR) is 103 cm³/mol. The molecule has 0 radical (unpaired) electrons. The average Bonchev–Trinajstić information content (AvgIpc) is 3.19. The Bertz CT molecular complexity index is 963. The van der Waals surface area contributed by atoms with Gasteiger partial charge >= 0.3 is 0 Å². The Balaban J connectivity index is 1.28. The molecule has 4 atom stereocenters. The van der Waals surface area contributed by atoms with Crippen molar-refractivity contribution < 1.29 is 0 Å². The fourth-order valence-corrected chi connectivity index (χ4v) is 5.70. The normalized spacial score (nSPS) is 29.7. The Morgan fingerprint density at radius 3 is 2.69 bits per heavy atom. The lowest BCUT2D eigenvalue weighted by molar-refractivity contribution is -0.146. The van der Waals surface area contributed by atoms with Crippen molar-refractivity contribution >= 4 is 39.1 Å². The van der Waals surface area contributed by atoms with Crippen molar-refractivity contribution in [2.75, 3.05) is 10.6 Å². The summed E-state index contributed by atoms with van der Waals surface area (Å²) in [7, 11) is 0. The van der Waals surface area contributed by atoms with Gasteiger partial charge in [0.25, 0.3) is 0 Å². The van der Waals surface area contributed by atoms with Crippen molar-refractivity contribution in [1.29, 1.82) is 0 Å². The summed E-state index contributed by atoms with van der Waals surface area (Å²) >= 11 is 1.65. The molecule has 0 saturated carbocycles. The summed E-state index contributed by atoms with van der Waals surface area (Å²) in [4.78, 5) is 13.2. The minimum absolute atomic E-state index is 0.473. The largest absolute Gasteiger partial charge is 0.351 e. The molecule has 26 heavy (non-hydrogen) atoms. The van der Waals surface area contributed by atoms with Crippen LogP contribution in [0.15, 0.2) is 17.5 Å². The van der Waals surface area contributed by atoms with Gasteiger partial charge in [-0.2, -0.15) is 10.1 Å². The van der Waals surface area contributed by atoms with Gasteiger partial charge in [0, 0.05) is 35.9 Å². The van der Waals surface area contributed by atoms with E-state index in [2.05, 4.69) is 37.2 Å². The summed E-state index contributed by atoms with van der Waals surface area (Å²) in [5.41, 5.74) is 1.02. The zero-order chi connectivity index (χ0) is 17.3. The van der Waals surface area contributed by atoms with Crippen molar-refractivity contribution in [1.82, 2.24) is 25.1 Å². The molecule has 3 fully saturated rings. The van der Waals surface area contributed by atoms with Gasteiger partial charge in [0.05, 0.1) is 5.39 Å². The number of aryl methyl sites for hydroxylation is 1. The lowest BCUT2D eigenvalue weighted by atomic mass is 9.68. The van der Waals surface area contributed by atoms with Crippen LogP contribution in [0.5, 0.6) is 0 Å². The molecule has 7 nitrogen and oxygen atoms in total. The molecule has 3 aromatic rings. The fraction of sp³-hybridized carbons (Fsp3) is 0.500. The molecule has 6 rings (SSSR count). The van der Waals surface area contributed by atoms with Gasteiger partial charge in [0.15, 0.2) is 5.82 Å². The lowest BCUT2D eigenvalue weighted by Gasteiger charge is -2.66. The molecule has 0 aliphatic carbocycles. The maximum atomic E-state index is 4.78. The van der Waals surface area contributed by atoms with Crippen molar-refractivity contribution in [3.63, 3.8) is 0 Å². The Kier molecular flexibility index (Phi) is 3.10. The number of aromatic nitrogens is 4. The van der Waals surface area contributed by atoms with Crippen LogP contribution in [-0.2, 0) is 0 Å². The molecule has 3 N–H and O–H groups in total. The summed E-state index contributed by atoms with van der Waals surface area (Å²) in [6.07, 6.45) is 5.18. The number of aromatic amines is 1. The van der Waals surface area contributed by atoms with E-state index in [1.54, 1.807) is 11.3 Å². The highest BCUT2D eigenvalue weighted by Crippen LogP contribution is 2.48. The Morgan fingerprint density at radius 1 is 1.15 bits per heavy atom. The summed E-state index contributed by atoms with van der Waals surface area (Å²) in [6.45, 7) is 1.99. The van der Waals surface area contributed by atoms with Crippen molar-refractivity contribution in [2.45, 2.75) is 56.8 Å². The molecular formula is C18H21N7S. The van der Waals surface area contributed by atoms with Crippen LogP contribution in [-0.4, -0.2) is 49.2 Å². The van der Waals surface area contributed by atoms with E-state index in [0.717, 1.165) is 51.6 Å². The van der Waals surface area contributed by atoms with Crippen LogP contribution in [0.4, 0.5) is 17.6 Å². The second-order valence-corrected chi connectivity index (χ2v) is 8.68. The third-order valence-electron chi connectivity index (χ3n) is 6.08. The number of fused-ring (bicyclic) bond motifs is 1. The molecule has 6 heterocycles. The van der Waals surface area contributed by atoms with E-state index >= 15 is 0 Å². The standard InChI is InChI=1S/C18H21N7S/c1-9-4-15(24-23-9)20-16-14-2-3-26-17(14)22-18(21-16)19-10-5-11-7-13-8-12(6-10)25(11)13/h2-4,10-13H,5-8H2,1H3,(H3,19,20,21,22,23,24)/t10?,11-,12+,13?. The SMILES string of the molecule is Cc1cc(Nc2nc(NC3C[C@@H]4CC5C[C@H](C3)N54)nc3sccc23)n[nH]1. The molecule has 0 spiro atoms. The highest BCUT2D eigenvalue weighted by Gasteiger charge is 2.54. The predicted octanol–water partition coefficient (Wildman–Crippen LogP) is 3.26. The topological polar surface area (TPSA) is 81.8 Å². The second kappa shape index (κ2) is 5.40. The molecule has 3 aromatic heterocycles. The molecule has 8 heteroatoms. The van der Waals surface area contributed by atoms with Crippen molar-refractivity contribution in [3.05, 3.63) is 23.2 Å². The molecule has 2 unspecified atom stereocenters. The smallest absolute Gasteiger partial charge is 0.226 e. The highest BCUT2D eigenvalue weighted by molar-refractivity contribution is 7.16. The van der Waals surface area contributed by atoms with Gasteiger partial charge in [-0.3, -0.25) is 10.00 Å². The second-order valence-electron chi connectivity index (χ2n) is 7.79. The first-order valence-corrected chi connectivity index (χ1v) is 10.2. The highest BCUT2D eigenvalue weighted by atomic mass is 32.1.